The van der Waals surface area contributed by atoms with Crippen LogP contribution in [0.15, 0.2) is 36.4 Å². The van der Waals surface area contributed by atoms with Gasteiger partial charge in [0.05, 0.1) is 19.9 Å². The highest BCUT2D eigenvalue weighted by Gasteiger charge is 2.17. The standard InChI is InChI=1S/C20H21NO5/c1-13-4-6-16(23-2)15(10-13)21-19(22)7-5-14-11-17(24-3)20-18(12-14)25-8-9-26-20/h4-7,10-12H,8-9H2,1-3H3,(H,21,22)/b7-5+. The third-order valence-electron chi connectivity index (χ3n) is 3.89. The maximum Gasteiger partial charge on any atom is 0.248 e. The lowest BCUT2D eigenvalue weighted by molar-refractivity contribution is -0.111. The molecule has 0 aromatic heterocycles. The van der Waals surface area contributed by atoms with E-state index in [-0.39, 0.29) is 5.91 Å². The molecule has 3 rings (SSSR count). The van der Waals surface area contributed by atoms with E-state index in [9.17, 15) is 4.79 Å². The Hall–Kier alpha value is -3.15. The zero-order valence-electron chi connectivity index (χ0n) is 15.0. The summed E-state index contributed by atoms with van der Waals surface area (Å²) in [5.74, 6) is 2.12. The Morgan fingerprint density at radius 3 is 2.62 bits per heavy atom. The van der Waals surface area contributed by atoms with Crippen LogP contribution in [0.4, 0.5) is 5.69 Å². The van der Waals surface area contributed by atoms with E-state index >= 15 is 0 Å². The maximum atomic E-state index is 12.3. The molecule has 0 spiro atoms. The number of ether oxygens (including phenoxy) is 4. The van der Waals surface area contributed by atoms with Crippen molar-refractivity contribution in [2.45, 2.75) is 6.92 Å². The summed E-state index contributed by atoms with van der Waals surface area (Å²) < 4.78 is 21.8. The molecule has 1 aliphatic heterocycles. The van der Waals surface area contributed by atoms with Crippen LogP contribution in [0.25, 0.3) is 6.08 Å². The van der Waals surface area contributed by atoms with Crippen molar-refractivity contribution in [2.24, 2.45) is 0 Å². The zero-order chi connectivity index (χ0) is 18.5. The first kappa shape index (κ1) is 17.7. The minimum Gasteiger partial charge on any atom is -0.495 e. The van der Waals surface area contributed by atoms with Gasteiger partial charge in [0.15, 0.2) is 11.5 Å². The molecule has 0 fully saturated rings. The lowest BCUT2D eigenvalue weighted by atomic mass is 10.1. The first-order valence-corrected chi connectivity index (χ1v) is 8.22. The predicted molar refractivity (Wildman–Crippen MR) is 99.4 cm³/mol. The molecule has 0 saturated carbocycles. The van der Waals surface area contributed by atoms with Crippen molar-refractivity contribution in [1.82, 2.24) is 0 Å². The van der Waals surface area contributed by atoms with Gasteiger partial charge in [0.2, 0.25) is 11.7 Å². The normalized spacial score (nSPS) is 12.7. The largest absolute Gasteiger partial charge is 0.495 e. The van der Waals surface area contributed by atoms with E-state index in [2.05, 4.69) is 5.32 Å². The van der Waals surface area contributed by atoms with Crippen molar-refractivity contribution in [3.63, 3.8) is 0 Å². The molecule has 0 atom stereocenters. The lowest BCUT2D eigenvalue weighted by Crippen LogP contribution is -2.16. The average Bonchev–Trinajstić information content (AvgIpc) is 2.66. The summed E-state index contributed by atoms with van der Waals surface area (Å²) in [7, 11) is 3.13. The molecule has 6 nitrogen and oxygen atoms in total. The van der Waals surface area contributed by atoms with Crippen molar-refractivity contribution in [1.29, 1.82) is 0 Å². The van der Waals surface area contributed by atoms with Crippen molar-refractivity contribution in [2.75, 3.05) is 32.8 Å². The van der Waals surface area contributed by atoms with Crippen LogP contribution in [0.5, 0.6) is 23.0 Å². The van der Waals surface area contributed by atoms with Crippen molar-refractivity contribution >= 4 is 17.7 Å². The van der Waals surface area contributed by atoms with E-state index in [0.717, 1.165) is 11.1 Å². The highest BCUT2D eigenvalue weighted by atomic mass is 16.6. The molecule has 1 heterocycles. The number of benzene rings is 2. The second-order valence-electron chi connectivity index (χ2n) is 5.77. The molecular formula is C20H21NO5. The Morgan fingerprint density at radius 2 is 1.85 bits per heavy atom. The Labute approximate surface area is 152 Å². The monoisotopic (exact) mass is 355 g/mol. The van der Waals surface area contributed by atoms with Crippen LogP contribution in [-0.2, 0) is 4.79 Å². The number of amides is 1. The summed E-state index contributed by atoms with van der Waals surface area (Å²) in [5, 5.41) is 2.83. The highest BCUT2D eigenvalue weighted by Crippen LogP contribution is 2.40. The summed E-state index contributed by atoms with van der Waals surface area (Å²) in [4.78, 5) is 12.3. The molecule has 2 aromatic carbocycles. The molecule has 0 bridgehead atoms. The number of methoxy groups -OCH3 is 2. The number of rotatable bonds is 5. The summed E-state index contributed by atoms with van der Waals surface area (Å²) in [6, 6.07) is 9.21. The molecule has 6 heteroatoms. The molecule has 1 aliphatic rings. The molecule has 136 valence electrons. The van der Waals surface area contributed by atoms with E-state index < -0.39 is 0 Å². The number of carbonyl (C=O) groups excluding carboxylic acids is 1. The number of hydrogen-bond donors (Lipinski definition) is 1. The molecule has 1 N–H and O–H groups in total. The van der Waals surface area contributed by atoms with Crippen molar-refractivity contribution in [3.8, 4) is 23.0 Å². The van der Waals surface area contributed by atoms with Crippen molar-refractivity contribution < 1.29 is 23.7 Å². The smallest absolute Gasteiger partial charge is 0.248 e. The number of carbonyl (C=O) groups is 1. The SMILES string of the molecule is COc1ccc(C)cc1NC(=O)/C=C/c1cc(OC)c2c(c1)OCCO2. The third kappa shape index (κ3) is 3.91. The Bertz CT molecular complexity index is 827. The van der Waals surface area contributed by atoms with Crippen LogP contribution in [0.3, 0.4) is 0 Å². The van der Waals surface area contributed by atoms with E-state index in [1.54, 1.807) is 26.4 Å². The van der Waals surface area contributed by atoms with Gasteiger partial charge in [0.25, 0.3) is 0 Å². The summed E-state index contributed by atoms with van der Waals surface area (Å²) in [6.07, 6.45) is 3.14. The van der Waals surface area contributed by atoms with Crippen LogP contribution >= 0.6 is 0 Å². The fourth-order valence-electron chi connectivity index (χ4n) is 2.66. The van der Waals surface area contributed by atoms with Gasteiger partial charge in [-0.2, -0.15) is 0 Å². The van der Waals surface area contributed by atoms with Crippen LogP contribution < -0.4 is 24.3 Å². The van der Waals surface area contributed by atoms with Crippen LogP contribution in [-0.4, -0.2) is 33.3 Å². The van der Waals surface area contributed by atoms with E-state index in [1.807, 2.05) is 31.2 Å². The van der Waals surface area contributed by atoms with Gasteiger partial charge in [-0.25, -0.2) is 0 Å². The van der Waals surface area contributed by atoms with E-state index in [4.69, 9.17) is 18.9 Å². The minimum absolute atomic E-state index is 0.261. The second-order valence-corrected chi connectivity index (χ2v) is 5.77. The van der Waals surface area contributed by atoms with Gasteiger partial charge in [0.1, 0.15) is 19.0 Å². The first-order chi connectivity index (χ1) is 12.6. The van der Waals surface area contributed by atoms with Gasteiger partial charge in [-0.15, -0.1) is 0 Å². The first-order valence-electron chi connectivity index (χ1n) is 8.22. The van der Waals surface area contributed by atoms with Crippen LogP contribution in [0.2, 0.25) is 0 Å². The Morgan fingerprint density at radius 1 is 1.08 bits per heavy atom. The molecule has 0 radical (unpaired) electrons. The maximum absolute atomic E-state index is 12.3. The number of aryl methyl sites for hydroxylation is 1. The molecule has 2 aromatic rings. The molecule has 0 saturated heterocycles. The molecular weight excluding hydrogens is 334 g/mol. The number of anilines is 1. The Balaban J connectivity index is 1.77. The lowest BCUT2D eigenvalue weighted by Gasteiger charge is -2.20. The van der Waals surface area contributed by atoms with Gasteiger partial charge in [-0.3, -0.25) is 4.79 Å². The molecule has 26 heavy (non-hydrogen) atoms. The molecule has 0 aliphatic carbocycles. The van der Waals surface area contributed by atoms with Crippen LogP contribution in [0.1, 0.15) is 11.1 Å². The minimum atomic E-state index is -0.261. The van der Waals surface area contributed by atoms with Gasteiger partial charge in [0, 0.05) is 6.08 Å². The second kappa shape index (κ2) is 7.82. The summed E-state index contributed by atoms with van der Waals surface area (Å²) >= 11 is 0. The fourth-order valence-corrected chi connectivity index (χ4v) is 2.66. The van der Waals surface area contributed by atoms with Gasteiger partial charge in [-0.05, 0) is 48.4 Å². The third-order valence-corrected chi connectivity index (χ3v) is 3.89. The quantitative estimate of drug-likeness (QED) is 0.833. The number of nitrogens with one attached hydrogen (secondary N) is 1. The highest BCUT2D eigenvalue weighted by molar-refractivity contribution is 6.02. The van der Waals surface area contributed by atoms with Gasteiger partial charge >= 0.3 is 0 Å². The van der Waals surface area contributed by atoms with Crippen molar-refractivity contribution in [3.05, 3.63) is 47.5 Å². The summed E-state index contributed by atoms with van der Waals surface area (Å²) in [6.45, 7) is 2.92. The van der Waals surface area contributed by atoms with Crippen LogP contribution in [0, 0.1) is 6.92 Å². The number of fused-ring (bicyclic) bond motifs is 1. The molecule has 1 amide bonds. The Kier molecular flexibility index (Phi) is 5.31. The van der Waals surface area contributed by atoms with Gasteiger partial charge < -0.3 is 24.3 Å². The van der Waals surface area contributed by atoms with E-state index in [0.29, 0.717) is 41.9 Å². The van der Waals surface area contributed by atoms with Gasteiger partial charge in [-0.1, -0.05) is 6.07 Å². The molecule has 0 unspecified atom stereocenters. The zero-order valence-corrected chi connectivity index (χ0v) is 15.0. The number of hydrogen-bond acceptors (Lipinski definition) is 5. The van der Waals surface area contributed by atoms with E-state index in [1.165, 1.54) is 6.08 Å². The fraction of sp³-hybridized carbons (Fsp3) is 0.250. The average molecular weight is 355 g/mol. The topological polar surface area (TPSA) is 66.0 Å². The predicted octanol–water partition coefficient (Wildman–Crippen LogP) is 3.44. The summed E-state index contributed by atoms with van der Waals surface area (Å²) in [5.41, 5.74) is 2.43.